The second-order valence-electron chi connectivity index (χ2n) is 6.92. The molecule has 1 aliphatic carbocycles. The Bertz CT molecular complexity index is 808. The number of hydrogen-bond acceptors (Lipinski definition) is 3. The van der Waals surface area contributed by atoms with Crippen molar-refractivity contribution in [3.63, 3.8) is 0 Å². The lowest BCUT2D eigenvalue weighted by atomic mass is 10.1. The van der Waals surface area contributed by atoms with Crippen LogP contribution in [0.5, 0.6) is 0 Å². The maximum Gasteiger partial charge on any atom is 0.270 e. The second-order valence-corrected chi connectivity index (χ2v) is 6.92. The van der Waals surface area contributed by atoms with E-state index in [-0.39, 0.29) is 23.9 Å². The number of hydrogen-bond donors (Lipinski definition) is 1. The van der Waals surface area contributed by atoms with E-state index in [9.17, 15) is 9.59 Å². The van der Waals surface area contributed by atoms with Crippen molar-refractivity contribution < 1.29 is 9.59 Å². The van der Waals surface area contributed by atoms with Crippen molar-refractivity contribution in [1.82, 2.24) is 15.2 Å². The standard InChI is InChI=1S/C20H21N3O2/c1-13-5-4-8-18(21-13)20(25)22-16-11-19(24)23(12-16)17-9-14-6-2-3-7-15(14)10-17/h2-8,16-17H,9-12H2,1H3,(H,22,25)/t16-/m0/s1. The summed E-state index contributed by atoms with van der Waals surface area (Å²) in [4.78, 5) is 31.0. The Labute approximate surface area is 147 Å². The summed E-state index contributed by atoms with van der Waals surface area (Å²) in [5.74, 6) is -0.0848. The summed E-state index contributed by atoms with van der Waals surface area (Å²) in [5.41, 5.74) is 3.87. The van der Waals surface area contributed by atoms with Crippen molar-refractivity contribution in [2.75, 3.05) is 6.54 Å². The Morgan fingerprint density at radius 2 is 1.80 bits per heavy atom. The van der Waals surface area contributed by atoms with E-state index in [1.165, 1.54) is 11.1 Å². The third-order valence-electron chi connectivity index (χ3n) is 5.08. The Morgan fingerprint density at radius 3 is 2.48 bits per heavy atom. The number of likely N-dealkylation sites (tertiary alicyclic amines) is 1. The van der Waals surface area contributed by atoms with Crippen molar-refractivity contribution in [1.29, 1.82) is 0 Å². The Kier molecular flexibility index (Phi) is 3.99. The van der Waals surface area contributed by atoms with Crippen LogP contribution in [0.3, 0.4) is 0 Å². The molecule has 1 saturated heterocycles. The number of aromatic nitrogens is 1. The first-order chi connectivity index (χ1) is 12.1. The summed E-state index contributed by atoms with van der Waals surface area (Å²) >= 11 is 0. The number of nitrogens with one attached hydrogen (secondary N) is 1. The van der Waals surface area contributed by atoms with Gasteiger partial charge in [-0.05, 0) is 43.0 Å². The predicted molar refractivity (Wildman–Crippen MR) is 94.2 cm³/mol. The van der Waals surface area contributed by atoms with E-state index in [1.807, 2.05) is 36.1 Å². The Morgan fingerprint density at radius 1 is 1.08 bits per heavy atom. The molecule has 25 heavy (non-hydrogen) atoms. The topological polar surface area (TPSA) is 62.3 Å². The maximum atomic E-state index is 12.5. The Balaban J connectivity index is 1.40. The van der Waals surface area contributed by atoms with E-state index in [1.54, 1.807) is 6.07 Å². The molecule has 0 saturated carbocycles. The zero-order chi connectivity index (χ0) is 17.4. The molecular weight excluding hydrogens is 314 g/mol. The lowest BCUT2D eigenvalue weighted by Crippen LogP contribution is -2.41. The molecule has 1 aromatic carbocycles. The normalized spacial score (nSPS) is 20.0. The fraction of sp³-hybridized carbons (Fsp3) is 0.350. The van der Waals surface area contributed by atoms with Crippen molar-refractivity contribution in [2.24, 2.45) is 0 Å². The van der Waals surface area contributed by atoms with E-state index in [0.717, 1.165) is 18.5 Å². The van der Waals surface area contributed by atoms with Crippen LogP contribution < -0.4 is 5.32 Å². The summed E-state index contributed by atoms with van der Waals surface area (Å²) in [7, 11) is 0. The molecular formula is C20H21N3O2. The van der Waals surface area contributed by atoms with Crippen LogP contribution in [0.15, 0.2) is 42.5 Å². The number of benzene rings is 1. The molecule has 1 fully saturated rings. The summed E-state index contributed by atoms with van der Waals surface area (Å²) < 4.78 is 0. The van der Waals surface area contributed by atoms with E-state index in [2.05, 4.69) is 22.4 Å². The first-order valence-electron chi connectivity index (χ1n) is 8.71. The monoisotopic (exact) mass is 335 g/mol. The SMILES string of the molecule is Cc1cccc(C(=O)N[C@H]2CC(=O)N(C3Cc4ccccc4C3)C2)n1. The molecule has 2 heterocycles. The minimum atomic E-state index is -0.210. The summed E-state index contributed by atoms with van der Waals surface area (Å²) in [6.07, 6.45) is 2.18. The lowest BCUT2D eigenvalue weighted by molar-refractivity contribution is -0.129. The minimum absolute atomic E-state index is 0.125. The van der Waals surface area contributed by atoms with Crippen LogP contribution in [0.4, 0.5) is 0 Å². The van der Waals surface area contributed by atoms with Gasteiger partial charge in [-0.3, -0.25) is 9.59 Å². The van der Waals surface area contributed by atoms with E-state index in [4.69, 9.17) is 0 Å². The van der Waals surface area contributed by atoms with Gasteiger partial charge in [0, 0.05) is 24.7 Å². The fourth-order valence-electron chi connectivity index (χ4n) is 3.87. The molecule has 1 aromatic heterocycles. The van der Waals surface area contributed by atoms with Crippen LogP contribution in [0.1, 0.15) is 33.7 Å². The van der Waals surface area contributed by atoms with Crippen molar-refractivity contribution in [3.05, 3.63) is 65.0 Å². The van der Waals surface area contributed by atoms with Gasteiger partial charge in [-0.1, -0.05) is 30.3 Å². The number of pyridine rings is 1. The van der Waals surface area contributed by atoms with Gasteiger partial charge >= 0.3 is 0 Å². The summed E-state index contributed by atoms with van der Waals surface area (Å²) in [6, 6.07) is 13.8. The van der Waals surface area contributed by atoms with E-state index >= 15 is 0 Å². The van der Waals surface area contributed by atoms with Crippen LogP contribution in [0.2, 0.25) is 0 Å². The number of aryl methyl sites for hydroxylation is 1. The van der Waals surface area contributed by atoms with E-state index in [0.29, 0.717) is 18.7 Å². The molecule has 2 aromatic rings. The van der Waals surface area contributed by atoms with Gasteiger partial charge in [-0.2, -0.15) is 0 Å². The van der Waals surface area contributed by atoms with Crippen LogP contribution in [0, 0.1) is 6.92 Å². The lowest BCUT2D eigenvalue weighted by Gasteiger charge is -2.24. The van der Waals surface area contributed by atoms with Crippen LogP contribution in [0.25, 0.3) is 0 Å². The number of fused-ring (bicyclic) bond motifs is 1. The molecule has 2 aliphatic rings. The largest absolute Gasteiger partial charge is 0.346 e. The van der Waals surface area contributed by atoms with Crippen LogP contribution >= 0.6 is 0 Å². The highest BCUT2D eigenvalue weighted by atomic mass is 16.2. The van der Waals surface area contributed by atoms with Gasteiger partial charge in [-0.25, -0.2) is 4.98 Å². The van der Waals surface area contributed by atoms with E-state index < -0.39 is 0 Å². The molecule has 2 amide bonds. The molecule has 128 valence electrons. The summed E-state index contributed by atoms with van der Waals surface area (Å²) in [5, 5.41) is 2.96. The molecule has 4 rings (SSSR count). The predicted octanol–water partition coefficient (Wildman–Crippen LogP) is 1.89. The van der Waals surface area contributed by atoms with Gasteiger partial charge in [0.1, 0.15) is 5.69 Å². The summed E-state index contributed by atoms with van der Waals surface area (Å²) in [6.45, 7) is 2.43. The van der Waals surface area contributed by atoms with Crippen LogP contribution in [-0.2, 0) is 17.6 Å². The third-order valence-corrected chi connectivity index (χ3v) is 5.08. The average molecular weight is 335 g/mol. The molecule has 5 heteroatoms. The fourth-order valence-corrected chi connectivity index (χ4v) is 3.87. The maximum absolute atomic E-state index is 12.5. The van der Waals surface area contributed by atoms with Crippen molar-refractivity contribution in [2.45, 2.75) is 38.3 Å². The molecule has 1 aliphatic heterocycles. The highest BCUT2D eigenvalue weighted by molar-refractivity contribution is 5.93. The van der Waals surface area contributed by atoms with Gasteiger partial charge in [0.25, 0.3) is 5.91 Å². The van der Waals surface area contributed by atoms with Gasteiger partial charge < -0.3 is 10.2 Å². The van der Waals surface area contributed by atoms with Crippen molar-refractivity contribution in [3.8, 4) is 0 Å². The molecule has 0 radical (unpaired) electrons. The highest BCUT2D eigenvalue weighted by Gasteiger charge is 2.37. The minimum Gasteiger partial charge on any atom is -0.346 e. The molecule has 1 atom stereocenters. The zero-order valence-electron chi connectivity index (χ0n) is 14.2. The molecule has 0 spiro atoms. The first-order valence-corrected chi connectivity index (χ1v) is 8.71. The van der Waals surface area contributed by atoms with Gasteiger partial charge in [0.15, 0.2) is 0 Å². The van der Waals surface area contributed by atoms with Gasteiger partial charge in [0.2, 0.25) is 5.91 Å². The average Bonchev–Trinajstić information content (AvgIpc) is 3.17. The Hall–Kier alpha value is -2.69. The molecule has 0 unspecified atom stereocenters. The number of nitrogens with zero attached hydrogens (tertiary/aromatic N) is 2. The second kappa shape index (κ2) is 6.31. The highest BCUT2D eigenvalue weighted by Crippen LogP contribution is 2.28. The molecule has 5 nitrogen and oxygen atoms in total. The van der Waals surface area contributed by atoms with Gasteiger partial charge in [-0.15, -0.1) is 0 Å². The first kappa shape index (κ1) is 15.8. The smallest absolute Gasteiger partial charge is 0.270 e. The number of rotatable bonds is 3. The molecule has 0 bridgehead atoms. The van der Waals surface area contributed by atoms with Crippen LogP contribution in [-0.4, -0.2) is 40.3 Å². The van der Waals surface area contributed by atoms with Gasteiger partial charge in [0.05, 0.1) is 6.04 Å². The quantitative estimate of drug-likeness (QED) is 0.932. The number of amides is 2. The molecule has 1 N–H and O–H groups in total. The number of carbonyl (C=O) groups is 2. The zero-order valence-corrected chi connectivity index (χ0v) is 14.2. The number of carbonyl (C=O) groups excluding carboxylic acids is 2. The van der Waals surface area contributed by atoms with Crippen molar-refractivity contribution >= 4 is 11.8 Å². The third kappa shape index (κ3) is 3.14.